The summed E-state index contributed by atoms with van der Waals surface area (Å²) in [5.41, 5.74) is 8.19. The van der Waals surface area contributed by atoms with Crippen molar-refractivity contribution in [2.75, 3.05) is 11.4 Å². The molecule has 0 aromatic heterocycles. The summed E-state index contributed by atoms with van der Waals surface area (Å²) in [4.78, 5) is 3.08. The molecule has 1 saturated carbocycles. The minimum absolute atomic E-state index is 0.499. The van der Waals surface area contributed by atoms with E-state index in [1.165, 1.54) is 44.2 Å². The van der Waals surface area contributed by atoms with Crippen molar-refractivity contribution < 1.29 is 0 Å². The van der Waals surface area contributed by atoms with Crippen LogP contribution in [-0.2, 0) is 0 Å². The van der Waals surface area contributed by atoms with Gasteiger partial charge in [0, 0.05) is 28.3 Å². The molecule has 2 nitrogen and oxygen atoms in total. The Morgan fingerprint density at radius 2 is 1.95 bits per heavy atom. The highest BCUT2D eigenvalue weighted by molar-refractivity contribution is 9.10. The molecule has 1 aromatic rings. The van der Waals surface area contributed by atoms with Crippen LogP contribution in [0.3, 0.4) is 0 Å². The lowest BCUT2D eigenvalue weighted by molar-refractivity contribution is 0.244. The fourth-order valence-corrected chi connectivity index (χ4v) is 4.40. The molecule has 2 fully saturated rings. The standard InChI is InChI=1S/C16H21BrN2S/c17-12-7-8-15(13(10-12)16(18)20)19-9-3-5-11-4-1-2-6-14(11)19/h7-8,10-11,14H,1-6,9H2,(H2,18,20)/t11-,14-/m1/s1. The van der Waals surface area contributed by atoms with Gasteiger partial charge in [-0.3, -0.25) is 0 Å². The average molecular weight is 353 g/mol. The molecule has 2 N–H and O–H groups in total. The third kappa shape index (κ3) is 2.73. The van der Waals surface area contributed by atoms with E-state index in [0.29, 0.717) is 11.0 Å². The van der Waals surface area contributed by atoms with Crippen LogP contribution >= 0.6 is 28.1 Å². The Morgan fingerprint density at radius 1 is 1.20 bits per heavy atom. The molecule has 108 valence electrons. The highest BCUT2D eigenvalue weighted by atomic mass is 79.9. The summed E-state index contributed by atoms with van der Waals surface area (Å²) in [6.07, 6.45) is 8.14. The molecule has 0 amide bonds. The lowest BCUT2D eigenvalue weighted by atomic mass is 9.78. The fourth-order valence-electron chi connectivity index (χ4n) is 3.88. The van der Waals surface area contributed by atoms with Gasteiger partial charge in [-0.25, -0.2) is 0 Å². The number of piperidine rings is 1. The number of rotatable bonds is 2. The second-order valence-electron chi connectivity index (χ2n) is 5.97. The topological polar surface area (TPSA) is 29.3 Å². The molecule has 0 spiro atoms. The van der Waals surface area contributed by atoms with Crippen LogP contribution in [0.1, 0.15) is 44.1 Å². The van der Waals surface area contributed by atoms with Gasteiger partial charge in [0.25, 0.3) is 0 Å². The second-order valence-corrected chi connectivity index (χ2v) is 7.33. The zero-order valence-corrected chi connectivity index (χ0v) is 14.0. The number of thiocarbonyl (C=S) groups is 1. The Morgan fingerprint density at radius 3 is 2.75 bits per heavy atom. The largest absolute Gasteiger partial charge is 0.389 e. The van der Waals surface area contributed by atoms with Crippen molar-refractivity contribution in [1.29, 1.82) is 0 Å². The number of nitrogens with two attached hydrogens (primary N) is 1. The van der Waals surface area contributed by atoms with Crippen molar-refractivity contribution in [2.45, 2.75) is 44.6 Å². The Bertz CT molecular complexity index is 515. The molecule has 2 atom stereocenters. The van der Waals surface area contributed by atoms with E-state index < -0.39 is 0 Å². The zero-order chi connectivity index (χ0) is 14.1. The van der Waals surface area contributed by atoms with Crippen LogP contribution in [0.5, 0.6) is 0 Å². The summed E-state index contributed by atoms with van der Waals surface area (Å²) < 4.78 is 1.04. The first-order chi connectivity index (χ1) is 9.66. The van der Waals surface area contributed by atoms with E-state index in [-0.39, 0.29) is 0 Å². The molecule has 1 saturated heterocycles. The molecule has 1 aliphatic heterocycles. The van der Waals surface area contributed by atoms with Gasteiger partial charge in [0.15, 0.2) is 0 Å². The van der Waals surface area contributed by atoms with Crippen molar-refractivity contribution >= 4 is 38.8 Å². The lowest BCUT2D eigenvalue weighted by Gasteiger charge is -2.46. The third-order valence-corrected chi connectivity index (χ3v) is 5.49. The number of fused-ring (bicyclic) bond motifs is 1. The van der Waals surface area contributed by atoms with Gasteiger partial charge < -0.3 is 10.6 Å². The van der Waals surface area contributed by atoms with E-state index in [9.17, 15) is 0 Å². The van der Waals surface area contributed by atoms with Gasteiger partial charge >= 0.3 is 0 Å². The van der Waals surface area contributed by atoms with Gasteiger partial charge in [0.2, 0.25) is 0 Å². The first-order valence-electron chi connectivity index (χ1n) is 7.53. The Labute approximate surface area is 134 Å². The van der Waals surface area contributed by atoms with Crippen LogP contribution in [0.25, 0.3) is 0 Å². The number of nitrogens with zero attached hydrogens (tertiary/aromatic N) is 1. The molecule has 0 radical (unpaired) electrons. The summed E-state index contributed by atoms with van der Waals surface area (Å²) in [7, 11) is 0. The normalized spacial score (nSPS) is 26.1. The highest BCUT2D eigenvalue weighted by Gasteiger charge is 2.34. The molecule has 0 unspecified atom stereocenters. The quantitative estimate of drug-likeness (QED) is 0.807. The molecule has 2 aliphatic rings. The molecule has 20 heavy (non-hydrogen) atoms. The molecule has 1 aromatic carbocycles. The van der Waals surface area contributed by atoms with Gasteiger partial charge in [-0.15, -0.1) is 0 Å². The molecular formula is C16H21BrN2S. The summed E-state index contributed by atoms with van der Waals surface area (Å²) in [6, 6.07) is 7.02. The molecule has 1 aliphatic carbocycles. The SMILES string of the molecule is NC(=S)c1cc(Br)ccc1N1CCC[C@H]2CCCC[C@H]21. The van der Waals surface area contributed by atoms with E-state index in [1.807, 2.05) is 0 Å². The van der Waals surface area contributed by atoms with Gasteiger partial charge in [-0.05, 0) is 49.8 Å². The predicted octanol–water partition coefficient (Wildman–Crippen LogP) is 4.24. The highest BCUT2D eigenvalue weighted by Crippen LogP contribution is 2.39. The van der Waals surface area contributed by atoms with Crippen molar-refractivity contribution in [2.24, 2.45) is 11.7 Å². The molecule has 1 heterocycles. The second kappa shape index (κ2) is 6.02. The number of anilines is 1. The lowest BCUT2D eigenvalue weighted by Crippen LogP contribution is -2.47. The van der Waals surface area contributed by atoms with Gasteiger partial charge in [0.1, 0.15) is 4.99 Å². The van der Waals surface area contributed by atoms with Gasteiger partial charge in [-0.2, -0.15) is 0 Å². The summed E-state index contributed by atoms with van der Waals surface area (Å²) in [5, 5.41) is 0. The molecule has 4 heteroatoms. The average Bonchev–Trinajstić information content (AvgIpc) is 2.46. The van der Waals surface area contributed by atoms with E-state index in [0.717, 1.165) is 22.5 Å². The minimum atomic E-state index is 0.499. The van der Waals surface area contributed by atoms with Crippen LogP contribution in [0.2, 0.25) is 0 Å². The smallest absolute Gasteiger partial charge is 0.106 e. The van der Waals surface area contributed by atoms with Crippen LogP contribution in [-0.4, -0.2) is 17.6 Å². The molecular weight excluding hydrogens is 332 g/mol. The predicted molar refractivity (Wildman–Crippen MR) is 92.4 cm³/mol. The monoisotopic (exact) mass is 352 g/mol. The summed E-state index contributed by atoms with van der Waals surface area (Å²) >= 11 is 8.78. The first kappa shape index (κ1) is 14.3. The van der Waals surface area contributed by atoms with Crippen molar-refractivity contribution in [1.82, 2.24) is 0 Å². The van der Waals surface area contributed by atoms with Crippen molar-refractivity contribution in [3.8, 4) is 0 Å². The van der Waals surface area contributed by atoms with Crippen LogP contribution < -0.4 is 10.6 Å². The van der Waals surface area contributed by atoms with E-state index in [2.05, 4.69) is 39.0 Å². The van der Waals surface area contributed by atoms with E-state index >= 15 is 0 Å². The summed E-state index contributed by atoms with van der Waals surface area (Å²) in [5.74, 6) is 0.861. The van der Waals surface area contributed by atoms with E-state index in [1.54, 1.807) is 0 Å². The zero-order valence-electron chi connectivity index (χ0n) is 11.6. The number of hydrogen-bond acceptors (Lipinski definition) is 2. The number of halogens is 1. The maximum atomic E-state index is 5.94. The van der Waals surface area contributed by atoms with E-state index in [4.69, 9.17) is 18.0 Å². The van der Waals surface area contributed by atoms with Gasteiger partial charge in [0.05, 0.1) is 0 Å². The third-order valence-electron chi connectivity index (χ3n) is 4.78. The Hall–Kier alpha value is -0.610. The minimum Gasteiger partial charge on any atom is -0.389 e. The Kier molecular flexibility index (Phi) is 4.32. The van der Waals surface area contributed by atoms with Crippen molar-refractivity contribution in [3.05, 3.63) is 28.2 Å². The van der Waals surface area contributed by atoms with Crippen LogP contribution in [0.4, 0.5) is 5.69 Å². The number of benzene rings is 1. The van der Waals surface area contributed by atoms with Gasteiger partial charge in [-0.1, -0.05) is 41.0 Å². The fraction of sp³-hybridized carbons (Fsp3) is 0.562. The number of hydrogen-bond donors (Lipinski definition) is 1. The van der Waals surface area contributed by atoms with Crippen LogP contribution in [0.15, 0.2) is 22.7 Å². The van der Waals surface area contributed by atoms with Crippen LogP contribution in [0, 0.1) is 5.92 Å². The maximum absolute atomic E-state index is 5.94. The maximum Gasteiger partial charge on any atom is 0.106 e. The Balaban J connectivity index is 1.96. The van der Waals surface area contributed by atoms with Crippen molar-refractivity contribution in [3.63, 3.8) is 0 Å². The molecule has 0 bridgehead atoms. The molecule has 3 rings (SSSR count). The first-order valence-corrected chi connectivity index (χ1v) is 8.73. The summed E-state index contributed by atoms with van der Waals surface area (Å²) in [6.45, 7) is 1.14.